The lowest BCUT2D eigenvalue weighted by molar-refractivity contribution is -0.274. The van der Waals surface area contributed by atoms with Crippen LogP contribution in [0, 0.1) is 11.3 Å². The third kappa shape index (κ3) is 5.93. The second-order valence-corrected chi connectivity index (χ2v) is 8.24. The summed E-state index contributed by atoms with van der Waals surface area (Å²) in [4.78, 5) is 24.9. The summed E-state index contributed by atoms with van der Waals surface area (Å²) in [7, 11) is -0.159. The van der Waals surface area contributed by atoms with Crippen molar-refractivity contribution < 1.29 is 47.0 Å². The van der Waals surface area contributed by atoms with E-state index in [1.54, 1.807) is 0 Å². The molecule has 36 heavy (non-hydrogen) atoms. The molecular formula is C21H18BClF3N3O7. The maximum Gasteiger partial charge on any atom is 0.573 e. The van der Waals surface area contributed by atoms with Crippen molar-refractivity contribution in [3.05, 3.63) is 46.5 Å². The van der Waals surface area contributed by atoms with Gasteiger partial charge in [0.25, 0.3) is 5.91 Å². The number of anilines is 1. The Bertz CT molecular complexity index is 1220. The van der Waals surface area contributed by atoms with Gasteiger partial charge in [-0.15, -0.1) is 13.2 Å². The molecule has 3 N–H and O–H groups in total. The van der Waals surface area contributed by atoms with Crippen LogP contribution in [-0.4, -0.2) is 54.8 Å². The van der Waals surface area contributed by atoms with E-state index < -0.39 is 43.4 Å². The average molecular weight is 528 g/mol. The number of carboxylic acid groups (broad SMARTS) is 1. The zero-order valence-corrected chi connectivity index (χ0v) is 19.5. The minimum atomic E-state index is -4.89. The van der Waals surface area contributed by atoms with Gasteiger partial charge in [0.2, 0.25) is 0 Å². The first-order chi connectivity index (χ1) is 16.7. The molecule has 1 heterocycles. The van der Waals surface area contributed by atoms with Crippen molar-refractivity contribution in [2.75, 3.05) is 18.6 Å². The van der Waals surface area contributed by atoms with Gasteiger partial charge >= 0.3 is 19.6 Å². The number of benzene rings is 2. The fourth-order valence-electron chi connectivity index (χ4n) is 3.29. The van der Waals surface area contributed by atoms with Crippen molar-refractivity contribution in [2.24, 2.45) is 0 Å². The van der Waals surface area contributed by atoms with Crippen LogP contribution in [0.2, 0.25) is 5.02 Å². The lowest BCUT2D eigenvalue weighted by Gasteiger charge is -2.25. The largest absolute Gasteiger partial charge is 0.573 e. The molecule has 0 saturated heterocycles. The van der Waals surface area contributed by atoms with Gasteiger partial charge in [-0.3, -0.25) is 9.69 Å². The lowest BCUT2D eigenvalue weighted by Crippen LogP contribution is -2.49. The van der Waals surface area contributed by atoms with E-state index in [0.717, 1.165) is 29.2 Å². The van der Waals surface area contributed by atoms with Crippen LogP contribution in [0.15, 0.2) is 30.3 Å². The highest BCUT2D eigenvalue weighted by Crippen LogP contribution is 2.35. The van der Waals surface area contributed by atoms with E-state index in [1.807, 2.05) is 6.07 Å². The normalized spacial score (nSPS) is 14.3. The summed E-state index contributed by atoms with van der Waals surface area (Å²) >= 11 is 6.35. The first-order valence-corrected chi connectivity index (χ1v) is 10.5. The zero-order chi connectivity index (χ0) is 26.8. The van der Waals surface area contributed by atoms with Crippen LogP contribution in [-0.2, 0) is 11.3 Å². The molecule has 1 aliphatic heterocycles. The van der Waals surface area contributed by atoms with E-state index >= 15 is 0 Å². The molecule has 0 saturated carbocycles. The third-order valence-corrected chi connectivity index (χ3v) is 5.53. The molecule has 1 unspecified atom stereocenters. The number of halogens is 4. The molecule has 0 bridgehead atoms. The topological polar surface area (TPSA) is 141 Å². The highest BCUT2D eigenvalue weighted by Gasteiger charge is 2.37. The van der Waals surface area contributed by atoms with E-state index in [9.17, 15) is 38.2 Å². The molecule has 3 rings (SSSR count). The smallest absolute Gasteiger partial charge is 0.488 e. The quantitative estimate of drug-likeness (QED) is 0.467. The summed E-state index contributed by atoms with van der Waals surface area (Å²) in [5.41, 5.74) is -1.10. The monoisotopic (exact) mass is 527 g/mol. The molecule has 0 spiro atoms. The molecule has 0 aromatic heterocycles. The van der Waals surface area contributed by atoms with Gasteiger partial charge in [0.1, 0.15) is 18.1 Å². The average Bonchev–Trinajstić information content (AvgIpc) is 3.19. The third-order valence-electron chi connectivity index (χ3n) is 5.14. The number of carbonyl (C=O) groups is 2. The summed E-state index contributed by atoms with van der Waals surface area (Å²) in [5, 5.41) is 31.5. The van der Waals surface area contributed by atoms with Crippen molar-refractivity contribution in [2.45, 2.75) is 25.4 Å². The number of carbonyl (C=O) groups excluding carboxylic acids is 1. The standard InChI is InChI=1S/C21H18BClF3N3O7/c1-20(9-27,28-18(30)11-3-5-12(6-4-11)36-21(24,25)26)10-34-15-7-14(29(2)19(31)32)13-8-35-22(33)16(13)17(15)23/h3-7,33H,8,10H2,1-2H3,(H,28,30)(H,31,32). The Kier molecular flexibility index (Phi) is 7.58. The van der Waals surface area contributed by atoms with E-state index in [-0.39, 0.29) is 34.1 Å². The van der Waals surface area contributed by atoms with Crippen molar-refractivity contribution in [3.63, 3.8) is 0 Å². The summed E-state index contributed by atoms with van der Waals surface area (Å²) in [6.07, 6.45) is -6.19. The van der Waals surface area contributed by atoms with Crippen molar-refractivity contribution in [1.82, 2.24) is 5.32 Å². The Morgan fingerprint density at radius 3 is 2.53 bits per heavy atom. The number of ether oxygens (including phenoxy) is 2. The number of nitriles is 1. The maximum atomic E-state index is 12.6. The van der Waals surface area contributed by atoms with Crippen LogP contribution in [0.3, 0.4) is 0 Å². The molecule has 2 amide bonds. The zero-order valence-electron chi connectivity index (χ0n) is 18.7. The Labute approximate surface area is 207 Å². The summed E-state index contributed by atoms with van der Waals surface area (Å²) in [6.45, 7) is 0.772. The number of alkyl halides is 3. The molecule has 0 radical (unpaired) electrons. The van der Waals surface area contributed by atoms with Crippen LogP contribution >= 0.6 is 11.6 Å². The SMILES string of the molecule is CN(C(=O)O)c1cc(OCC(C)(C#N)NC(=O)c2ccc(OC(F)(F)F)cc2)c(Cl)c2c1COB2O. The number of nitrogens with one attached hydrogen (secondary N) is 1. The summed E-state index contributed by atoms with van der Waals surface area (Å²) in [5.74, 6) is -1.38. The Morgan fingerprint density at radius 1 is 1.33 bits per heavy atom. The molecule has 10 nitrogen and oxygen atoms in total. The molecule has 15 heteroatoms. The predicted octanol–water partition coefficient (Wildman–Crippen LogP) is 2.66. The summed E-state index contributed by atoms with van der Waals surface area (Å²) in [6, 6.07) is 7.24. The van der Waals surface area contributed by atoms with E-state index in [2.05, 4.69) is 10.1 Å². The number of nitrogens with zero attached hydrogens (tertiary/aromatic N) is 2. The molecule has 2 aromatic carbocycles. The van der Waals surface area contributed by atoms with Crippen LogP contribution in [0.1, 0.15) is 22.8 Å². The van der Waals surface area contributed by atoms with Crippen LogP contribution in [0.25, 0.3) is 0 Å². The van der Waals surface area contributed by atoms with Gasteiger partial charge in [-0.2, -0.15) is 5.26 Å². The molecule has 0 aliphatic carbocycles. The number of amides is 2. The second-order valence-electron chi connectivity index (χ2n) is 7.86. The molecule has 190 valence electrons. The number of hydrogen-bond donors (Lipinski definition) is 3. The summed E-state index contributed by atoms with van der Waals surface area (Å²) < 4.78 is 51.5. The highest BCUT2D eigenvalue weighted by molar-refractivity contribution is 6.66. The van der Waals surface area contributed by atoms with Crippen molar-refractivity contribution in [3.8, 4) is 17.6 Å². The van der Waals surface area contributed by atoms with E-state index in [0.29, 0.717) is 5.56 Å². The van der Waals surface area contributed by atoms with E-state index in [1.165, 1.54) is 20.0 Å². The van der Waals surface area contributed by atoms with Gasteiger partial charge in [0.15, 0.2) is 5.54 Å². The highest BCUT2D eigenvalue weighted by atomic mass is 35.5. The lowest BCUT2D eigenvalue weighted by atomic mass is 9.78. The van der Waals surface area contributed by atoms with Crippen molar-refractivity contribution >= 4 is 41.9 Å². The van der Waals surface area contributed by atoms with Crippen LogP contribution in [0.5, 0.6) is 11.5 Å². The minimum absolute atomic E-state index is 0.0489. The van der Waals surface area contributed by atoms with Gasteiger partial charge in [0, 0.05) is 29.7 Å². The Morgan fingerprint density at radius 2 is 1.97 bits per heavy atom. The fourth-order valence-corrected chi connectivity index (χ4v) is 3.61. The molecule has 1 aliphatic rings. The molecular weight excluding hydrogens is 510 g/mol. The van der Waals surface area contributed by atoms with Crippen LogP contribution in [0.4, 0.5) is 23.7 Å². The molecule has 0 fully saturated rings. The number of fused-ring (bicyclic) bond motifs is 1. The predicted molar refractivity (Wildman–Crippen MR) is 120 cm³/mol. The van der Waals surface area contributed by atoms with E-state index in [4.69, 9.17) is 21.0 Å². The number of hydrogen-bond acceptors (Lipinski definition) is 7. The van der Waals surface area contributed by atoms with Gasteiger partial charge in [-0.05, 0) is 31.2 Å². The fraction of sp³-hybridized carbons (Fsp3) is 0.286. The first-order valence-electron chi connectivity index (χ1n) is 10.1. The van der Waals surface area contributed by atoms with Crippen molar-refractivity contribution in [1.29, 1.82) is 5.26 Å². The van der Waals surface area contributed by atoms with Crippen LogP contribution < -0.4 is 25.2 Å². The van der Waals surface area contributed by atoms with Gasteiger partial charge in [-0.1, -0.05) is 11.6 Å². The van der Waals surface area contributed by atoms with Gasteiger partial charge in [-0.25, -0.2) is 4.79 Å². The molecule has 1 atom stereocenters. The van der Waals surface area contributed by atoms with Gasteiger partial charge in [0.05, 0.1) is 23.4 Å². The number of rotatable bonds is 7. The maximum absolute atomic E-state index is 12.6. The molecule has 2 aromatic rings. The Hall–Kier alpha value is -3.67. The second kappa shape index (κ2) is 10.1. The Balaban J connectivity index is 1.79. The first kappa shape index (κ1) is 26.9. The van der Waals surface area contributed by atoms with Gasteiger partial charge < -0.3 is 29.6 Å². The minimum Gasteiger partial charge on any atom is -0.488 e.